The van der Waals surface area contributed by atoms with Crippen LogP contribution in [0.2, 0.25) is 0 Å². The average Bonchev–Trinajstić information content (AvgIpc) is 3.19. The van der Waals surface area contributed by atoms with Crippen molar-refractivity contribution in [2.45, 2.75) is 70.5 Å². The lowest BCUT2D eigenvalue weighted by atomic mass is 9.83. The fraction of sp³-hybridized carbons (Fsp3) is 0.706. The molecule has 2 fully saturated rings. The van der Waals surface area contributed by atoms with Crippen LogP contribution in [0.5, 0.6) is 0 Å². The van der Waals surface area contributed by atoms with Crippen LogP contribution in [0.25, 0.3) is 0 Å². The molecule has 2 N–H and O–H groups in total. The van der Waals surface area contributed by atoms with Gasteiger partial charge in [-0.25, -0.2) is 0 Å². The van der Waals surface area contributed by atoms with Crippen LogP contribution in [-0.4, -0.2) is 22.9 Å². The van der Waals surface area contributed by atoms with Gasteiger partial charge in [-0.05, 0) is 44.7 Å². The second-order valence-electron chi connectivity index (χ2n) is 6.87. The summed E-state index contributed by atoms with van der Waals surface area (Å²) in [6.07, 6.45) is 9.26. The molecule has 21 heavy (non-hydrogen) atoms. The van der Waals surface area contributed by atoms with E-state index >= 15 is 0 Å². The first-order valence-electron chi connectivity index (χ1n) is 8.20. The van der Waals surface area contributed by atoms with Gasteiger partial charge in [-0.2, -0.15) is 0 Å². The maximum atomic E-state index is 13.2. The van der Waals surface area contributed by atoms with E-state index in [2.05, 4.69) is 11.8 Å². The molecule has 0 saturated heterocycles. The van der Waals surface area contributed by atoms with Crippen molar-refractivity contribution in [2.24, 2.45) is 11.1 Å². The molecule has 1 aromatic heterocycles. The quantitative estimate of drug-likeness (QED) is 0.927. The third-order valence-corrected chi connectivity index (χ3v) is 5.45. The van der Waals surface area contributed by atoms with Gasteiger partial charge in [0.25, 0.3) is 0 Å². The number of hydrogen-bond donors (Lipinski definition) is 1. The summed E-state index contributed by atoms with van der Waals surface area (Å²) in [6, 6.07) is 4.18. The predicted molar refractivity (Wildman–Crippen MR) is 81.4 cm³/mol. The number of furan rings is 1. The van der Waals surface area contributed by atoms with Crippen molar-refractivity contribution < 1.29 is 9.21 Å². The van der Waals surface area contributed by atoms with E-state index in [1.807, 2.05) is 12.1 Å². The maximum Gasteiger partial charge on any atom is 0.230 e. The Morgan fingerprint density at radius 3 is 2.71 bits per heavy atom. The number of nitrogens with zero attached hydrogens (tertiary/aromatic N) is 1. The van der Waals surface area contributed by atoms with E-state index < -0.39 is 5.41 Å². The Balaban J connectivity index is 1.82. The standard InChI is InChI=1S/C17H26N2O2/c1-17(10-4-9-15(17)18)16(20)19(13-6-2-3-7-13)12-14-8-5-11-21-14/h5,8,11,13,15H,2-4,6-7,9-10,12,18H2,1H3. The fourth-order valence-electron chi connectivity index (χ4n) is 3.94. The van der Waals surface area contributed by atoms with Crippen LogP contribution in [0.4, 0.5) is 0 Å². The molecule has 116 valence electrons. The van der Waals surface area contributed by atoms with Gasteiger partial charge >= 0.3 is 0 Å². The van der Waals surface area contributed by atoms with Crippen LogP contribution < -0.4 is 5.73 Å². The van der Waals surface area contributed by atoms with Gasteiger partial charge < -0.3 is 15.1 Å². The number of carbonyl (C=O) groups is 1. The van der Waals surface area contributed by atoms with Gasteiger partial charge in [0.2, 0.25) is 5.91 Å². The number of amides is 1. The van der Waals surface area contributed by atoms with Crippen molar-refractivity contribution in [3.05, 3.63) is 24.2 Å². The van der Waals surface area contributed by atoms with Crippen molar-refractivity contribution in [1.29, 1.82) is 0 Å². The van der Waals surface area contributed by atoms with E-state index in [-0.39, 0.29) is 11.9 Å². The maximum absolute atomic E-state index is 13.2. The summed E-state index contributed by atoms with van der Waals surface area (Å²) in [5.74, 6) is 1.10. The monoisotopic (exact) mass is 290 g/mol. The van der Waals surface area contributed by atoms with Gasteiger partial charge in [-0.15, -0.1) is 0 Å². The molecule has 0 radical (unpaired) electrons. The highest BCUT2D eigenvalue weighted by Crippen LogP contribution is 2.40. The molecule has 0 aromatic carbocycles. The summed E-state index contributed by atoms with van der Waals surface area (Å²) >= 11 is 0. The molecule has 4 heteroatoms. The second-order valence-corrected chi connectivity index (χ2v) is 6.87. The summed E-state index contributed by atoms with van der Waals surface area (Å²) < 4.78 is 5.47. The summed E-state index contributed by atoms with van der Waals surface area (Å²) in [5.41, 5.74) is 5.86. The van der Waals surface area contributed by atoms with E-state index in [9.17, 15) is 4.79 Å². The van der Waals surface area contributed by atoms with E-state index in [0.29, 0.717) is 12.6 Å². The fourth-order valence-corrected chi connectivity index (χ4v) is 3.94. The Bertz CT molecular complexity index is 479. The molecule has 1 aromatic rings. The van der Waals surface area contributed by atoms with Crippen molar-refractivity contribution >= 4 is 5.91 Å². The lowest BCUT2D eigenvalue weighted by Crippen LogP contribution is -2.51. The smallest absolute Gasteiger partial charge is 0.230 e. The highest BCUT2D eigenvalue weighted by molar-refractivity contribution is 5.84. The summed E-state index contributed by atoms with van der Waals surface area (Å²) in [5, 5.41) is 0. The average molecular weight is 290 g/mol. The minimum Gasteiger partial charge on any atom is -0.467 e. The highest BCUT2D eigenvalue weighted by Gasteiger charge is 2.46. The molecule has 2 saturated carbocycles. The topological polar surface area (TPSA) is 59.5 Å². The van der Waals surface area contributed by atoms with Crippen molar-refractivity contribution in [3.8, 4) is 0 Å². The zero-order valence-corrected chi connectivity index (χ0v) is 12.9. The largest absolute Gasteiger partial charge is 0.467 e. The van der Waals surface area contributed by atoms with Gasteiger partial charge in [0.05, 0.1) is 18.2 Å². The molecule has 2 atom stereocenters. The Morgan fingerprint density at radius 1 is 1.38 bits per heavy atom. The normalized spacial score (nSPS) is 29.9. The van der Waals surface area contributed by atoms with Crippen LogP contribution in [0.15, 0.2) is 22.8 Å². The van der Waals surface area contributed by atoms with Gasteiger partial charge in [-0.1, -0.05) is 19.3 Å². The number of nitrogens with two attached hydrogens (primary N) is 1. The molecule has 3 rings (SSSR count). The molecule has 2 unspecified atom stereocenters. The van der Waals surface area contributed by atoms with Crippen molar-refractivity contribution in [3.63, 3.8) is 0 Å². The molecule has 4 nitrogen and oxygen atoms in total. The summed E-state index contributed by atoms with van der Waals surface area (Å²) in [4.78, 5) is 15.2. The van der Waals surface area contributed by atoms with E-state index in [0.717, 1.165) is 37.9 Å². The van der Waals surface area contributed by atoms with Gasteiger partial charge in [0.1, 0.15) is 5.76 Å². The summed E-state index contributed by atoms with van der Waals surface area (Å²) in [7, 11) is 0. The Labute approximate surface area is 126 Å². The minimum absolute atomic E-state index is 0.00879. The number of rotatable bonds is 4. The second kappa shape index (κ2) is 5.84. The zero-order chi connectivity index (χ0) is 14.9. The third-order valence-electron chi connectivity index (χ3n) is 5.45. The minimum atomic E-state index is -0.394. The lowest BCUT2D eigenvalue weighted by molar-refractivity contribution is -0.145. The van der Waals surface area contributed by atoms with Crippen LogP contribution in [0.1, 0.15) is 57.6 Å². The van der Waals surface area contributed by atoms with E-state index in [1.54, 1.807) is 6.26 Å². The van der Waals surface area contributed by atoms with Gasteiger partial charge in [-0.3, -0.25) is 4.79 Å². The molecule has 2 aliphatic rings. The first kappa shape index (κ1) is 14.6. The zero-order valence-electron chi connectivity index (χ0n) is 12.9. The van der Waals surface area contributed by atoms with Crippen molar-refractivity contribution in [1.82, 2.24) is 4.90 Å². The summed E-state index contributed by atoms with van der Waals surface area (Å²) in [6.45, 7) is 2.63. The van der Waals surface area contributed by atoms with E-state index in [4.69, 9.17) is 10.2 Å². The van der Waals surface area contributed by atoms with Gasteiger partial charge in [0, 0.05) is 12.1 Å². The molecule has 0 bridgehead atoms. The van der Waals surface area contributed by atoms with Crippen molar-refractivity contribution in [2.75, 3.05) is 0 Å². The Hall–Kier alpha value is -1.29. The lowest BCUT2D eigenvalue weighted by Gasteiger charge is -2.37. The van der Waals surface area contributed by atoms with Gasteiger partial charge in [0.15, 0.2) is 0 Å². The molecule has 1 heterocycles. The first-order valence-corrected chi connectivity index (χ1v) is 8.20. The number of hydrogen-bond acceptors (Lipinski definition) is 3. The van der Waals surface area contributed by atoms with Crippen LogP contribution >= 0.6 is 0 Å². The molecule has 0 spiro atoms. The SMILES string of the molecule is CC1(C(=O)N(Cc2ccco2)C2CCCC2)CCCC1N. The van der Waals surface area contributed by atoms with Crippen LogP contribution in [0.3, 0.4) is 0 Å². The molecule has 2 aliphatic carbocycles. The molecular weight excluding hydrogens is 264 g/mol. The molecule has 0 aliphatic heterocycles. The van der Waals surface area contributed by atoms with Crippen LogP contribution in [-0.2, 0) is 11.3 Å². The predicted octanol–water partition coefficient (Wildman–Crippen LogP) is 3.07. The number of carbonyl (C=O) groups excluding carboxylic acids is 1. The van der Waals surface area contributed by atoms with Crippen LogP contribution in [0, 0.1) is 5.41 Å². The Morgan fingerprint density at radius 2 is 2.14 bits per heavy atom. The molecule has 1 amide bonds. The highest BCUT2D eigenvalue weighted by atomic mass is 16.3. The first-order chi connectivity index (χ1) is 10.1. The molecular formula is C17H26N2O2. The third kappa shape index (κ3) is 2.73. The van der Waals surface area contributed by atoms with E-state index in [1.165, 1.54) is 12.8 Å². The Kier molecular flexibility index (Phi) is 4.07.